The number of benzene rings is 1. The normalized spacial score (nSPS) is 23.3. The molecule has 1 unspecified atom stereocenters. The summed E-state index contributed by atoms with van der Waals surface area (Å²) >= 11 is 0. The monoisotopic (exact) mass is 319 g/mol. The summed E-state index contributed by atoms with van der Waals surface area (Å²) in [6.07, 6.45) is 7.98. The minimum Gasteiger partial charge on any atom is -0.382 e. The van der Waals surface area contributed by atoms with E-state index in [2.05, 4.69) is 51.4 Å². The van der Waals surface area contributed by atoms with Crippen LogP contribution in [0.5, 0.6) is 0 Å². The average molecular weight is 319 g/mol. The fraction of sp³-hybridized carbons (Fsp3) is 0.316. The van der Waals surface area contributed by atoms with Crippen LogP contribution in [0.2, 0.25) is 0 Å². The molecule has 2 aromatic rings. The van der Waals surface area contributed by atoms with Gasteiger partial charge in [0.25, 0.3) is 0 Å². The van der Waals surface area contributed by atoms with Crippen molar-refractivity contribution in [1.82, 2.24) is 15.2 Å². The van der Waals surface area contributed by atoms with Gasteiger partial charge in [-0.3, -0.25) is 0 Å². The van der Waals surface area contributed by atoms with E-state index in [-0.39, 0.29) is 6.17 Å². The zero-order chi connectivity index (χ0) is 16.3. The molecule has 0 amide bonds. The van der Waals surface area contributed by atoms with E-state index in [4.69, 9.17) is 5.73 Å². The number of fused-ring (bicyclic) bond motifs is 2. The largest absolute Gasteiger partial charge is 0.382 e. The molecule has 0 spiro atoms. The van der Waals surface area contributed by atoms with Crippen LogP contribution in [0, 0.1) is 12.8 Å². The van der Waals surface area contributed by atoms with Gasteiger partial charge >= 0.3 is 0 Å². The van der Waals surface area contributed by atoms with E-state index >= 15 is 0 Å². The molecule has 5 nitrogen and oxygen atoms in total. The van der Waals surface area contributed by atoms with E-state index in [1.165, 1.54) is 30.2 Å². The molecular formula is C19H21N5. The summed E-state index contributed by atoms with van der Waals surface area (Å²) in [5.74, 6) is 1.25. The van der Waals surface area contributed by atoms with E-state index in [1.807, 2.05) is 6.20 Å². The lowest BCUT2D eigenvalue weighted by Crippen LogP contribution is -2.45. The molecule has 1 saturated carbocycles. The number of H-pyrrole nitrogens is 1. The van der Waals surface area contributed by atoms with Crippen molar-refractivity contribution in [2.24, 2.45) is 16.6 Å². The number of aromatic nitrogens is 1. The number of aliphatic imine (C=N–C) groups is 1. The highest BCUT2D eigenvalue weighted by molar-refractivity contribution is 6.05. The van der Waals surface area contributed by atoms with E-state index in [0.29, 0.717) is 11.8 Å². The molecule has 0 radical (unpaired) electrons. The molecule has 1 aliphatic carbocycles. The highest BCUT2D eigenvalue weighted by Crippen LogP contribution is 2.39. The molecule has 5 heteroatoms. The number of aromatic amines is 1. The number of nitrogens with zero attached hydrogens (tertiary/aromatic N) is 2. The van der Waals surface area contributed by atoms with E-state index in [1.54, 1.807) is 6.20 Å². The molecule has 3 heterocycles. The second-order valence-corrected chi connectivity index (χ2v) is 7.00. The summed E-state index contributed by atoms with van der Waals surface area (Å²) in [4.78, 5) is 10.1. The molecule has 24 heavy (non-hydrogen) atoms. The number of hydrogen-bond acceptors (Lipinski definition) is 4. The lowest BCUT2D eigenvalue weighted by atomic mass is 9.82. The summed E-state index contributed by atoms with van der Waals surface area (Å²) in [5.41, 5.74) is 11.8. The fourth-order valence-corrected chi connectivity index (χ4v) is 3.92. The third kappa shape index (κ3) is 1.90. The van der Waals surface area contributed by atoms with Crippen LogP contribution in [0.4, 0.5) is 0 Å². The maximum Gasteiger partial charge on any atom is 0.149 e. The Bertz CT molecular complexity index is 913. The number of nitrogens with two attached hydrogens (primary N) is 1. The Morgan fingerprint density at radius 3 is 2.92 bits per heavy atom. The van der Waals surface area contributed by atoms with E-state index in [9.17, 15) is 0 Å². The minimum atomic E-state index is 0.280. The van der Waals surface area contributed by atoms with Gasteiger partial charge in [-0.15, -0.1) is 0 Å². The van der Waals surface area contributed by atoms with Crippen molar-refractivity contribution in [2.45, 2.75) is 32.4 Å². The zero-order valence-corrected chi connectivity index (χ0v) is 13.7. The Balaban J connectivity index is 1.62. The fourth-order valence-electron chi connectivity index (χ4n) is 3.92. The summed E-state index contributed by atoms with van der Waals surface area (Å²) in [5, 5.41) is 4.94. The Labute approximate surface area is 140 Å². The summed E-state index contributed by atoms with van der Waals surface area (Å²) in [7, 11) is 0. The van der Waals surface area contributed by atoms with Crippen molar-refractivity contribution in [1.29, 1.82) is 0 Å². The van der Waals surface area contributed by atoms with Crippen LogP contribution in [-0.4, -0.2) is 21.9 Å². The number of hydrogen-bond donors (Lipinski definition) is 3. The Morgan fingerprint density at radius 2 is 2.12 bits per heavy atom. The highest BCUT2D eigenvalue weighted by Gasteiger charge is 2.40. The molecule has 1 aromatic carbocycles. The van der Waals surface area contributed by atoms with Gasteiger partial charge in [-0.1, -0.05) is 18.1 Å². The topological polar surface area (TPSA) is 69.4 Å². The molecule has 4 N–H and O–H groups in total. The van der Waals surface area contributed by atoms with E-state index < -0.39 is 0 Å². The second-order valence-electron chi connectivity index (χ2n) is 7.00. The van der Waals surface area contributed by atoms with Crippen LogP contribution >= 0.6 is 0 Å². The van der Waals surface area contributed by atoms with Crippen LogP contribution in [0.3, 0.4) is 0 Å². The predicted molar refractivity (Wildman–Crippen MR) is 96.8 cm³/mol. The number of rotatable bonds is 2. The predicted octanol–water partition coefficient (Wildman–Crippen LogP) is 3.02. The van der Waals surface area contributed by atoms with Gasteiger partial charge in [-0.25, -0.2) is 4.99 Å². The van der Waals surface area contributed by atoms with Gasteiger partial charge < -0.3 is 20.9 Å². The van der Waals surface area contributed by atoms with Crippen molar-refractivity contribution in [3.05, 3.63) is 53.6 Å². The van der Waals surface area contributed by atoms with Crippen LogP contribution in [0.25, 0.3) is 16.6 Å². The molecule has 1 aromatic heterocycles. The number of nitrogens with one attached hydrogen (secondary N) is 2. The van der Waals surface area contributed by atoms with Crippen molar-refractivity contribution < 1.29 is 0 Å². The number of aryl methyl sites for hydroxylation is 1. The standard InChI is InChI=1S/C19H21N5/c1-11-5-6-14-13(9-11)10-15(22-14)16-17-18(20)21-7-8-24(17)19(23-16)12-3-2-4-12/h5-10,12,19,22-23H,2-4H2,1H3,(H2,20,21). The molecule has 0 bridgehead atoms. The maximum absolute atomic E-state index is 6.23. The Morgan fingerprint density at radius 1 is 1.25 bits per heavy atom. The first kappa shape index (κ1) is 13.7. The first-order chi connectivity index (χ1) is 11.7. The second kappa shape index (κ2) is 4.90. The Hall–Kier alpha value is -2.69. The summed E-state index contributed by atoms with van der Waals surface area (Å²) in [6.45, 7) is 2.12. The molecule has 1 atom stereocenters. The van der Waals surface area contributed by atoms with Crippen LogP contribution < -0.4 is 11.1 Å². The van der Waals surface area contributed by atoms with Crippen molar-refractivity contribution in [3.63, 3.8) is 0 Å². The quantitative estimate of drug-likeness (QED) is 0.797. The van der Waals surface area contributed by atoms with Gasteiger partial charge in [-0.2, -0.15) is 0 Å². The lowest BCUT2D eigenvalue weighted by Gasteiger charge is -2.37. The summed E-state index contributed by atoms with van der Waals surface area (Å²) in [6, 6.07) is 8.67. The molecule has 0 saturated heterocycles. The Kier molecular flexibility index (Phi) is 2.80. The molecule has 5 rings (SSSR count). The van der Waals surface area contributed by atoms with Gasteiger partial charge in [0.2, 0.25) is 0 Å². The van der Waals surface area contributed by atoms with Crippen LogP contribution in [0.1, 0.15) is 30.5 Å². The van der Waals surface area contributed by atoms with Crippen LogP contribution in [0.15, 0.2) is 47.4 Å². The van der Waals surface area contributed by atoms with Gasteiger partial charge in [-0.05, 0) is 43.9 Å². The highest BCUT2D eigenvalue weighted by atomic mass is 15.4. The molecular weight excluding hydrogens is 298 g/mol. The minimum absolute atomic E-state index is 0.280. The molecule has 3 aliphatic rings. The zero-order valence-electron chi connectivity index (χ0n) is 13.7. The first-order valence-electron chi connectivity index (χ1n) is 8.60. The third-order valence-corrected chi connectivity index (χ3v) is 5.41. The van der Waals surface area contributed by atoms with Crippen molar-refractivity contribution in [2.75, 3.05) is 0 Å². The molecule has 1 fully saturated rings. The van der Waals surface area contributed by atoms with Crippen LogP contribution in [-0.2, 0) is 0 Å². The molecule has 2 aliphatic heterocycles. The third-order valence-electron chi connectivity index (χ3n) is 5.41. The average Bonchev–Trinajstić information content (AvgIpc) is 3.08. The molecule has 122 valence electrons. The SMILES string of the molecule is Cc1ccc2[nH]c(C3=C4C(N)=NC=CN4C(C4CCC4)N3)cc2c1. The maximum atomic E-state index is 6.23. The smallest absolute Gasteiger partial charge is 0.149 e. The summed E-state index contributed by atoms with van der Waals surface area (Å²) < 4.78 is 0. The van der Waals surface area contributed by atoms with Crippen molar-refractivity contribution >= 4 is 22.4 Å². The van der Waals surface area contributed by atoms with E-state index in [0.717, 1.165) is 22.6 Å². The lowest BCUT2D eigenvalue weighted by molar-refractivity contribution is 0.164. The van der Waals surface area contributed by atoms with Gasteiger partial charge in [0.05, 0.1) is 11.4 Å². The first-order valence-corrected chi connectivity index (χ1v) is 8.60. The van der Waals surface area contributed by atoms with Gasteiger partial charge in [0.15, 0.2) is 0 Å². The number of amidine groups is 1. The van der Waals surface area contributed by atoms with Gasteiger partial charge in [0.1, 0.15) is 17.7 Å². The van der Waals surface area contributed by atoms with Crippen molar-refractivity contribution in [3.8, 4) is 0 Å². The van der Waals surface area contributed by atoms with Gasteiger partial charge in [0, 0.05) is 23.3 Å².